The number of carbonyl (C=O) groups excluding carboxylic acids is 1. The van der Waals surface area contributed by atoms with Crippen molar-refractivity contribution in [3.63, 3.8) is 0 Å². The van der Waals surface area contributed by atoms with Gasteiger partial charge in [0.15, 0.2) is 0 Å². The minimum atomic E-state index is -0.353. The van der Waals surface area contributed by atoms with Gasteiger partial charge in [-0.15, -0.1) is 0 Å². The third-order valence-electron chi connectivity index (χ3n) is 5.53. The zero-order valence-electron chi connectivity index (χ0n) is 16.6. The van der Waals surface area contributed by atoms with Gasteiger partial charge in [0.05, 0.1) is 19.3 Å². The lowest BCUT2D eigenvalue weighted by Crippen LogP contribution is -2.52. The molecule has 1 atom stereocenters. The predicted molar refractivity (Wildman–Crippen MR) is 106 cm³/mol. The quantitative estimate of drug-likeness (QED) is 0.811. The van der Waals surface area contributed by atoms with Crippen LogP contribution in [0.1, 0.15) is 35.7 Å². The van der Waals surface area contributed by atoms with Crippen LogP contribution in [-0.4, -0.2) is 97.4 Å². The topological polar surface area (TPSA) is 56.2 Å². The number of piperazine rings is 1. The summed E-state index contributed by atoms with van der Waals surface area (Å²) in [7, 11) is 0. The normalized spacial score (nSPS) is 20.8. The lowest BCUT2D eigenvalue weighted by Gasteiger charge is -2.36. The molecule has 1 aromatic rings. The van der Waals surface area contributed by atoms with E-state index in [2.05, 4.69) is 35.8 Å². The molecule has 0 aliphatic carbocycles. The van der Waals surface area contributed by atoms with Gasteiger partial charge in [0.2, 0.25) is 0 Å². The van der Waals surface area contributed by atoms with Crippen LogP contribution in [0.3, 0.4) is 0 Å². The molecule has 2 saturated heterocycles. The number of β-amino-alcohol motifs (C(OH)–C–C–N with tert-alkyl or cyclic N) is 1. The molecule has 2 fully saturated rings. The highest BCUT2D eigenvalue weighted by Gasteiger charge is 2.24. The molecule has 0 radical (unpaired) electrons. The van der Waals surface area contributed by atoms with Crippen LogP contribution in [0.25, 0.3) is 0 Å². The highest BCUT2D eigenvalue weighted by Crippen LogP contribution is 2.16. The van der Waals surface area contributed by atoms with Crippen molar-refractivity contribution in [3.8, 4) is 0 Å². The van der Waals surface area contributed by atoms with Crippen molar-refractivity contribution >= 4 is 5.91 Å². The number of benzene rings is 1. The first-order valence-corrected chi connectivity index (χ1v) is 10.1. The molecule has 150 valence electrons. The van der Waals surface area contributed by atoms with Crippen LogP contribution < -0.4 is 0 Å². The molecule has 0 bridgehead atoms. The van der Waals surface area contributed by atoms with Crippen molar-refractivity contribution in [3.05, 3.63) is 35.4 Å². The van der Waals surface area contributed by atoms with Crippen LogP contribution in [0.4, 0.5) is 0 Å². The number of morpholine rings is 1. The maximum Gasteiger partial charge on any atom is 0.253 e. The summed E-state index contributed by atoms with van der Waals surface area (Å²) in [5, 5.41) is 10.4. The van der Waals surface area contributed by atoms with E-state index in [-0.39, 0.29) is 12.0 Å². The molecule has 6 heteroatoms. The Hall–Kier alpha value is -1.47. The Morgan fingerprint density at radius 3 is 2.07 bits per heavy atom. The molecular weight excluding hydrogens is 342 g/mol. The molecule has 0 unspecified atom stereocenters. The minimum absolute atomic E-state index is 0.110. The van der Waals surface area contributed by atoms with Gasteiger partial charge in [-0.2, -0.15) is 0 Å². The van der Waals surface area contributed by atoms with E-state index in [1.54, 1.807) is 0 Å². The summed E-state index contributed by atoms with van der Waals surface area (Å²) >= 11 is 0. The fourth-order valence-electron chi connectivity index (χ4n) is 3.76. The van der Waals surface area contributed by atoms with Gasteiger partial charge in [-0.1, -0.05) is 26.0 Å². The van der Waals surface area contributed by atoms with Gasteiger partial charge in [-0.3, -0.25) is 14.6 Å². The number of aliphatic hydroxyl groups is 1. The summed E-state index contributed by atoms with van der Waals surface area (Å²) in [6.45, 7) is 12.1. The summed E-state index contributed by atoms with van der Waals surface area (Å²) in [4.78, 5) is 19.2. The zero-order chi connectivity index (χ0) is 19.2. The first-order chi connectivity index (χ1) is 13.0. The number of rotatable bonds is 6. The van der Waals surface area contributed by atoms with Crippen LogP contribution in [-0.2, 0) is 4.74 Å². The number of amides is 1. The van der Waals surface area contributed by atoms with E-state index >= 15 is 0 Å². The first kappa shape index (κ1) is 20.3. The number of carbonyl (C=O) groups is 1. The second-order valence-corrected chi connectivity index (χ2v) is 7.94. The number of aliphatic hydroxyl groups excluding tert-OH is 1. The average molecular weight is 376 g/mol. The van der Waals surface area contributed by atoms with Crippen LogP contribution in [0.15, 0.2) is 24.3 Å². The van der Waals surface area contributed by atoms with Gasteiger partial charge >= 0.3 is 0 Å². The van der Waals surface area contributed by atoms with Crippen molar-refractivity contribution in [2.45, 2.75) is 25.9 Å². The standard InChI is InChI=1S/C21H33N3O3/c1-17(2)18-3-5-19(6-4-18)21(26)24-9-7-22(8-10-24)15-20(25)16-23-11-13-27-14-12-23/h3-6,17,20,25H,7-16H2,1-2H3/t20-/m1/s1. The molecule has 2 heterocycles. The highest BCUT2D eigenvalue weighted by atomic mass is 16.5. The smallest absolute Gasteiger partial charge is 0.253 e. The van der Waals surface area contributed by atoms with Gasteiger partial charge in [-0.25, -0.2) is 0 Å². The van der Waals surface area contributed by atoms with Crippen molar-refractivity contribution in [1.82, 2.24) is 14.7 Å². The second-order valence-electron chi connectivity index (χ2n) is 7.94. The van der Waals surface area contributed by atoms with Crippen molar-refractivity contribution in [2.75, 3.05) is 65.6 Å². The summed E-state index contributed by atoms with van der Waals surface area (Å²) in [5.41, 5.74) is 2.02. The van der Waals surface area contributed by atoms with Crippen LogP contribution in [0, 0.1) is 0 Å². The Morgan fingerprint density at radius 2 is 1.52 bits per heavy atom. The number of ether oxygens (including phenoxy) is 1. The number of hydrogen-bond acceptors (Lipinski definition) is 5. The second kappa shape index (κ2) is 9.64. The van der Waals surface area contributed by atoms with Gasteiger partial charge in [0.1, 0.15) is 0 Å². The van der Waals surface area contributed by atoms with Crippen LogP contribution in [0.5, 0.6) is 0 Å². The third kappa shape index (κ3) is 5.75. The van der Waals surface area contributed by atoms with E-state index < -0.39 is 0 Å². The number of hydrogen-bond donors (Lipinski definition) is 1. The van der Waals surface area contributed by atoms with Gasteiger partial charge < -0.3 is 14.7 Å². The molecule has 6 nitrogen and oxygen atoms in total. The Kier molecular flexibility index (Phi) is 7.24. The Balaban J connectivity index is 1.43. The fraction of sp³-hybridized carbons (Fsp3) is 0.667. The molecule has 2 aliphatic heterocycles. The maximum atomic E-state index is 12.7. The monoisotopic (exact) mass is 375 g/mol. The van der Waals surface area contributed by atoms with Crippen molar-refractivity contribution < 1.29 is 14.6 Å². The lowest BCUT2D eigenvalue weighted by molar-refractivity contribution is 0.00292. The summed E-state index contributed by atoms with van der Waals surface area (Å²) < 4.78 is 5.35. The average Bonchev–Trinajstić information content (AvgIpc) is 2.69. The predicted octanol–water partition coefficient (Wildman–Crippen LogP) is 1.26. The van der Waals surface area contributed by atoms with Crippen molar-refractivity contribution in [2.24, 2.45) is 0 Å². The van der Waals surface area contributed by atoms with E-state index in [1.165, 1.54) is 5.56 Å². The Labute approximate surface area is 162 Å². The SMILES string of the molecule is CC(C)c1ccc(C(=O)N2CCN(C[C@@H](O)CN3CCOCC3)CC2)cc1. The summed E-state index contributed by atoms with van der Waals surface area (Å²) in [6.07, 6.45) is -0.353. The highest BCUT2D eigenvalue weighted by molar-refractivity contribution is 5.94. The summed E-state index contributed by atoms with van der Waals surface area (Å²) in [5.74, 6) is 0.584. The Bertz CT molecular complexity index is 591. The van der Waals surface area contributed by atoms with Crippen LogP contribution in [0.2, 0.25) is 0 Å². The molecule has 0 spiro atoms. The molecule has 0 aromatic heterocycles. The van der Waals surface area contributed by atoms with Gasteiger partial charge in [-0.05, 0) is 23.6 Å². The van der Waals surface area contributed by atoms with E-state index in [0.717, 1.165) is 58.0 Å². The molecular formula is C21H33N3O3. The molecule has 27 heavy (non-hydrogen) atoms. The van der Waals surface area contributed by atoms with Gasteiger partial charge in [0, 0.05) is 57.9 Å². The molecule has 2 aliphatic rings. The molecule has 1 N–H and O–H groups in total. The van der Waals surface area contributed by atoms with E-state index in [1.807, 2.05) is 17.0 Å². The molecule has 0 saturated carbocycles. The Morgan fingerprint density at radius 1 is 0.963 bits per heavy atom. The lowest BCUT2D eigenvalue weighted by atomic mass is 10.0. The fourth-order valence-corrected chi connectivity index (χ4v) is 3.76. The zero-order valence-corrected chi connectivity index (χ0v) is 16.6. The molecule has 1 aromatic carbocycles. The van der Waals surface area contributed by atoms with Gasteiger partial charge in [0.25, 0.3) is 5.91 Å². The van der Waals surface area contributed by atoms with Crippen LogP contribution >= 0.6 is 0 Å². The minimum Gasteiger partial charge on any atom is -0.390 e. The van der Waals surface area contributed by atoms with Crippen molar-refractivity contribution in [1.29, 1.82) is 0 Å². The number of nitrogens with zero attached hydrogens (tertiary/aromatic N) is 3. The third-order valence-corrected chi connectivity index (χ3v) is 5.53. The molecule has 1 amide bonds. The largest absolute Gasteiger partial charge is 0.390 e. The summed E-state index contributed by atoms with van der Waals surface area (Å²) in [6, 6.07) is 7.98. The maximum absolute atomic E-state index is 12.7. The van der Waals surface area contributed by atoms with E-state index in [9.17, 15) is 9.90 Å². The molecule has 3 rings (SSSR count). The van der Waals surface area contributed by atoms with E-state index in [4.69, 9.17) is 4.74 Å². The first-order valence-electron chi connectivity index (χ1n) is 10.1. The van der Waals surface area contributed by atoms with E-state index in [0.29, 0.717) is 19.0 Å².